The Kier molecular flexibility index (Phi) is 2.81. The van der Waals surface area contributed by atoms with Crippen LogP contribution in [0.2, 0.25) is 0 Å². The van der Waals surface area contributed by atoms with E-state index in [1.54, 1.807) is 38.5 Å². The summed E-state index contributed by atoms with van der Waals surface area (Å²) < 4.78 is 0. The van der Waals surface area contributed by atoms with Crippen LogP contribution in [0.5, 0.6) is 0 Å². The Bertz CT molecular complexity index is 251. The zero-order valence-electron chi connectivity index (χ0n) is 11.9. The normalized spacial score (nSPS) is 44.3. The zero-order chi connectivity index (χ0) is 12.1. The minimum Gasteiger partial charge on any atom is -0.312 e. The van der Waals surface area contributed by atoms with Crippen molar-refractivity contribution in [1.29, 1.82) is 0 Å². The Hall–Kier alpha value is -0.0400. The van der Waals surface area contributed by atoms with E-state index >= 15 is 0 Å². The lowest BCUT2D eigenvalue weighted by atomic mass is 9.49. The van der Waals surface area contributed by atoms with E-state index in [9.17, 15) is 0 Å². The third-order valence-corrected chi connectivity index (χ3v) is 5.48. The second kappa shape index (κ2) is 3.98. The van der Waals surface area contributed by atoms with Gasteiger partial charge in [0.15, 0.2) is 0 Å². The number of rotatable bonds is 3. The van der Waals surface area contributed by atoms with Gasteiger partial charge in [-0.1, -0.05) is 0 Å². The molecule has 4 rings (SSSR count). The first kappa shape index (κ1) is 12.0. The van der Waals surface area contributed by atoms with E-state index in [-0.39, 0.29) is 0 Å². The molecule has 17 heavy (non-hydrogen) atoms. The lowest BCUT2D eigenvalue weighted by Crippen LogP contribution is -2.48. The summed E-state index contributed by atoms with van der Waals surface area (Å²) in [5, 5.41) is 3.70. The van der Waals surface area contributed by atoms with Gasteiger partial charge in [-0.25, -0.2) is 0 Å². The Morgan fingerprint density at radius 1 is 0.941 bits per heavy atom. The summed E-state index contributed by atoms with van der Waals surface area (Å²) in [7, 11) is 0. The van der Waals surface area contributed by atoms with Crippen molar-refractivity contribution >= 4 is 0 Å². The number of hydrogen-bond acceptors (Lipinski definition) is 1. The molecule has 4 saturated carbocycles. The maximum atomic E-state index is 3.70. The third kappa shape index (κ3) is 2.54. The molecular formula is C16H29N. The molecule has 0 radical (unpaired) electrons. The first-order chi connectivity index (χ1) is 7.94. The lowest BCUT2D eigenvalue weighted by Gasteiger charge is -2.57. The predicted molar refractivity (Wildman–Crippen MR) is 73.0 cm³/mol. The van der Waals surface area contributed by atoms with Crippen molar-refractivity contribution < 1.29 is 0 Å². The minimum absolute atomic E-state index is 0.294. The molecule has 0 atom stereocenters. The summed E-state index contributed by atoms with van der Waals surface area (Å²) in [6.07, 6.45) is 10.8. The lowest BCUT2D eigenvalue weighted by molar-refractivity contribution is -0.0572. The maximum absolute atomic E-state index is 3.70. The summed E-state index contributed by atoms with van der Waals surface area (Å²) in [6, 6.07) is 0. The summed E-state index contributed by atoms with van der Waals surface area (Å²) in [5.41, 5.74) is 1.05. The van der Waals surface area contributed by atoms with Crippen LogP contribution in [0.25, 0.3) is 0 Å². The molecule has 0 spiro atoms. The number of hydrogen-bond donors (Lipinski definition) is 1. The molecule has 0 heterocycles. The van der Waals surface area contributed by atoms with Crippen molar-refractivity contribution in [3.05, 3.63) is 0 Å². The highest BCUT2D eigenvalue weighted by atomic mass is 14.9. The monoisotopic (exact) mass is 235 g/mol. The summed E-state index contributed by atoms with van der Waals surface area (Å²) >= 11 is 0. The predicted octanol–water partition coefficient (Wildman–Crippen LogP) is 3.98. The highest BCUT2D eigenvalue weighted by Gasteiger charge is 2.50. The molecule has 4 aliphatic carbocycles. The average molecular weight is 235 g/mol. The fraction of sp³-hybridized carbons (Fsp3) is 1.00. The molecule has 0 aromatic heterocycles. The van der Waals surface area contributed by atoms with Gasteiger partial charge in [0.05, 0.1) is 0 Å². The molecule has 4 aliphatic rings. The van der Waals surface area contributed by atoms with Crippen molar-refractivity contribution in [3.8, 4) is 0 Å². The van der Waals surface area contributed by atoms with Crippen LogP contribution in [0, 0.1) is 23.2 Å². The fourth-order valence-corrected chi connectivity index (χ4v) is 5.30. The highest BCUT2D eigenvalue weighted by Crippen LogP contribution is 2.61. The van der Waals surface area contributed by atoms with Crippen LogP contribution < -0.4 is 5.32 Å². The Balaban J connectivity index is 1.59. The molecular weight excluding hydrogens is 206 g/mol. The maximum Gasteiger partial charge on any atom is 0.00965 e. The van der Waals surface area contributed by atoms with E-state index in [1.165, 1.54) is 13.0 Å². The van der Waals surface area contributed by atoms with Gasteiger partial charge in [-0.05, 0) is 95.4 Å². The largest absolute Gasteiger partial charge is 0.312 e. The smallest absolute Gasteiger partial charge is 0.00965 e. The van der Waals surface area contributed by atoms with Gasteiger partial charge >= 0.3 is 0 Å². The molecule has 0 aromatic rings. The second-order valence-electron chi connectivity index (χ2n) is 8.34. The van der Waals surface area contributed by atoms with Crippen molar-refractivity contribution in [2.45, 2.75) is 71.3 Å². The first-order valence-electron chi connectivity index (χ1n) is 7.69. The van der Waals surface area contributed by atoms with Crippen molar-refractivity contribution in [2.75, 3.05) is 6.54 Å². The van der Waals surface area contributed by atoms with E-state index < -0.39 is 0 Å². The van der Waals surface area contributed by atoms with Gasteiger partial charge < -0.3 is 5.32 Å². The quantitative estimate of drug-likeness (QED) is 0.780. The van der Waals surface area contributed by atoms with E-state index in [2.05, 4.69) is 26.1 Å². The van der Waals surface area contributed by atoms with Gasteiger partial charge in [-0.15, -0.1) is 0 Å². The summed E-state index contributed by atoms with van der Waals surface area (Å²) in [4.78, 5) is 0. The second-order valence-corrected chi connectivity index (χ2v) is 8.34. The molecule has 1 heteroatoms. The summed E-state index contributed by atoms with van der Waals surface area (Å²) in [5.74, 6) is 3.32. The highest BCUT2D eigenvalue weighted by molar-refractivity contribution is 5.01. The zero-order valence-corrected chi connectivity index (χ0v) is 11.9. The Morgan fingerprint density at radius 3 is 1.82 bits per heavy atom. The minimum atomic E-state index is 0.294. The van der Waals surface area contributed by atoms with Crippen molar-refractivity contribution in [1.82, 2.24) is 5.32 Å². The third-order valence-electron chi connectivity index (χ3n) is 5.48. The van der Waals surface area contributed by atoms with Crippen LogP contribution >= 0.6 is 0 Å². The Morgan fingerprint density at radius 2 is 1.41 bits per heavy atom. The van der Waals surface area contributed by atoms with Crippen LogP contribution in [0.1, 0.15) is 65.7 Å². The van der Waals surface area contributed by atoms with E-state index in [0.29, 0.717) is 5.54 Å². The SMILES string of the molecule is CC(C)(C)NCCC12CC3CC(CC(C3)C1)C2. The molecule has 0 saturated heterocycles. The van der Waals surface area contributed by atoms with Crippen LogP contribution in [0.15, 0.2) is 0 Å². The van der Waals surface area contributed by atoms with Crippen LogP contribution in [0.4, 0.5) is 0 Å². The van der Waals surface area contributed by atoms with Crippen molar-refractivity contribution in [2.24, 2.45) is 23.2 Å². The van der Waals surface area contributed by atoms with Gasteiger partial charge in [-0.2, -0.15) is 0 Å². The molecule has 0 amide bonds. The van der Waals surface area contributed by atoms with E-state index in [0.717, 1.165) is 23.2 Å². The van der Waals surface area contributed by atoms with Gasteiger partial charge in [0.2, 0.25) is 0 Å². The van der Waals surface area contributed by atoms with E-state index in [4.69, 9.17) is 0 Å². The van der Waals surface area contributed by atoms with Gasteiger partial charge in [0.1, 0.15) is 0 Å². The summed E-state index contributed by atoms with van der Waals surface area (Å²) in [6.45, 7) is 8.09. The van der Waals surface area contributed by atoms with Crippen LogP contribution in [-0.2, 0) is 0 Å². The van der Waals surface area contributed by atoms with Crippen molar-refractivity contribution in [3.63, 3.8) is 0 Å². The Labute approximate surface area is 107 Å². The molecule has 0 aromatic carbocycles. The molecule has 0 aliphatic heterocycles. The van der Waals surface area contributed by atoms with Crippen LogP contribution in [0.3, 0.4) is 0 Å². The molecule has 98 valence electrons. The van der Waals surface area contributed by atoms with Gasteiger partial charge in [0.25, 0.3) is 0 Å². The first-order valence-corrected chi connectivity index (χ1v) is 7.69. The molecule has 0 unspecified atom stereocenters. The van der Waals surface area contributed by atoms with Gasteiger partial charge in [-0.3, -0.25) is 0 Å². The molecule has 4 fully saturated rings. The fourth-order valence-electron chi connectivity index (χ4n) is 5.30. The van der Waals surface area contributed by atoms with E-state index in [1.807, 2.05) is 0 Å². The topological polar surface area (TPSA) is 12.0 Å². The molecule has 4 bridgehead atoms. The standard InChI is InChI=1S/C16H29N/c1-15(2,3)17-5-4-16-9-12-6-13(10-16)8-14(7-12)11-16/h12-14,17H,4-11H2,1-3H3. The number of nitrogens with one attached hydrogen (secondary N) is 1. The molecule has 1 N–H and O–H groups in total. The average Bonchev–Trinajstić information content (AvgIpc) is 2.11. The van der Waals surface area contributed by atoms with Gasteiger partial charge in [0, 0.05) is 5.54 Å². The molecule has 1 nitrogen and oxygen atoms in total. The van der Waals surface area contributed by atoms with Crippen LogP contribution in [-0.4, -0.2) is 12.1 Å².